The number of carbonyl (C=O) groups is 3. The number of β-lactam (4-membered cyclic amide) rings is 1. The Labute approximate surface area is 67.4 Å². The number of hydrogen-bond acceptors (Lipinski definition) is 3. The Morgan fingerprint density at radius 3 is 1.92 bits per heavy atom. The lowest BCUT2D eigenvalue weighted by molar-refractivity contribution is -0.185. The van der Waals surface area contributed by atoms with E-state index in [4.69, 9.17) is 10.2 Å². The van der Waals surface area contributed by atoms with E-state index in [1.807, 2.05) is 0 Å². The molecule has 0 bridgehead atoms. The van der Waals surface area contributed by atoms with Crippen molar-refractivity contribution in [3.8, 4) is 0 Å². The molecule has 1 heterocycles. The Hall–Kier alpha value is -1.59. The van der Waals surface area contributed by atoms with Crippen LogP contribution in [0.1, 0.15) is 6.42 Å². The standard InChI is InChI=1S/C6H7NO5/c1-7-3(8)2-6(7,4(9)10)5(11)12/h2H2,1H3,(H,9,10)(H,11,12). The smallest absolute Gasteiger partial charge is 0.342 e. The molecule has 0 aliphatic carbocycles. The van der Waals surface area contributed by atoms with Crippen molar-refractivity contribution in [2.45, 2.75) is 12.0 Å². The molecule has 12 heavy (non-hydrogen) atoms. The van der Waals surface area contributed by atoms with Gasteiger partial charge < -0.3 is 15.1 Å². The van der Waals surface area contributed by atoms with E-state index in [2.05, 4.69) is 0 Å². The molecule has 0 aromatic carbocycles. The maximum absolute atomic E-state index is 10.7. The average Bonchev–Trinajstić information content (AvgIpc) is 1.97. The molecule has 6 heteroatoms. The third kappa shape index (κ3) is 0.715. The summed E-state index contributed by atoms with van der Waals surface area (Å²) in [5.41, 5.74) is -2.03. The maximum atomic E-state index is 10.7. The number of carbonyl (C=O) groups excluding carboxylic acids is 1. The van der Waals surface area contributed by atoms with Gasteiger partial charge in [0, 0.05) is 7.05 Å². The van der Waals surface area contributed by atoms with Gasteiger partial charge in [0.2, 0.25) is 11.4 Å². The summed E-state index contributed by atoms with van der Waals surface area (Å²) in [5.74, 6) is -3.48. The molecule has 0 aromatic rings. The van der Waals surface area contributed by atoms with Crippen LogP contribution < -0.4 is 0 Å². The van der Waals surface area contributed by atoms with E-state index in [1.54, 1.807) is 0 Å². The summed E-state index contributed by atoms with van der Waals surface area (Å²) in [6.45, 7) is 0. The summed E-state index contributed by atoms with van der Waals surface area (Å²) in [7, 11) is 1.16. The molecule has 2 N–H and O–H groups in total. The molecule has 1 aliphatic rings. The van der Waals surface area contributed by atoms with Crippen molar-refractivity contribution in [2.75, 3.05) is 7.05 Å². The maximum Gasteiger partial charge on any atom is 0.342 e. The minimum atomic E-state index is -2.03. The Kier molecular flexibility index (Phi) is 1.56. The molecule has 66 valence electrons. The molecule has 0 radical (unpaired) electrons. The van der Waals surface area contributed by atoms with Gasteiger partial charge in [-0.05, 0) is 0 Å². The summed E-state index contributed by atoms with van der Waals surface area (Å²) in [6.07, 6.45) is -0.464. The Balaban J connectivity index is 3.00. The molecular formula is C6H7NO5. The number of nitrogens with zero attached hydrogens (tertiary/aromatic N) is 1. The number of aliphatic carboxylic acids is 2. The first-order chi connectivity index (χ1) is 5.43. The first kappa shape index (κ1) is 8.51. The van der Waals surface area contributed by atoms with Crippen molar-refractivity contribution >= 4 is 17.8 Å². The zero-order valence-corrected chi connectivity index (χ0v) is 6.27. The van der Waals surface area contributed by atoms with Crippen molar-refractivity contribution in [1.29, 1.82) is 0 Å². The normalized spacial score (nSPS) is 20.1. The zero-order chi connectivity index (χ0) is 9.52. The van der Waals surface area contributed by atoms with Crippen LogP contribution in [0.25, 0.3) is 0 Å². The van der Waals surface area contributed by atoms with Crippen LogP contribution in [-0.4, -0.2) is 45.5 Å². The van der Waals surface area contributed by atoms with Crippen LogP contribution >= 0.6 is 0 Å². The topological polar surface area (TPSA) is 94.9 Å². The summed E-state index contributed by atoms with van der Waals surface area (Å²) in [4.78, 5) is 32.4. The van der Waals surface area contributed by atoms with Gasteiger partial charge in [-0.2, -0.15) is 0 Å². The van der Waals surface area contributed by atoms with Crippen molar-refractivity contribution in [3.63, 3.8) is 0 Å². The molecule has 0 saturated carbocycles. The van der Waals surface area contributed by atoms with Gasteiger partial charge in [0.25, 0.3) is 0 Å². The quantitative estimate of drug-likeness (QED) is 0.402. The number of likely N-dealkylation sites (tertiary alicyclic amines) is 1. The highest BCUT2D eigenvalue weighted by atomic mass is 16.4. The molecule has 1 aliphatic heterocycles. The SMILES string of the molecule is CN1C(=O)CC1(C(=O)O)C(=O)O. The van der Waals surface area contributed by atoms with E-state index >= 15 is 0 Å². The van der Waals surface area contributed by atoms with Crippen molar-refractivity contribution < 1.29 is 24.6 Å². The molecule has 6 nitrogen and oxygen atoms in total. The van der Waals surface area contributed by atoms with Gasteiger partial charge in [0.15, 0.2) is 0 Å². The van der Waals surface area contributed by atoms with Crippen molar-refractivity contribution in [2.24, 2.45) is 0 Å². The molecule has 1 amide bonds. The fourth-order valence-electron chi connectivity index (χ4n) is 1.11. The predicted molar refractivity (Wildman–Crippen MR) is 35.4 cm³/mol. The van der Waals surface area contributed by atoms with Gasteiger partial charge in [-0.3, -0.25) is 4.79 Å². The lowest BCUT2D eigenvalue weighted by atomic mass is 9.85. The number of hydrogen-bond donors (Lipinski definition) is 2. The summed E-state index contributed by atoms with van der Waals surface area (Å²) < 4.78 is 0. The van der Waals surface area contributed by atoms with E-state index in [-0.39, 0.29) is 0 Å². The van der Waals surface area contributed by atoms with Crippen LogP contribution in [-0.2, 0) is 14.4 Å². The second-order valence-electron chi connectivity index (χ2n) is 2.60. The van der Waals surface area contributed by atoms with Gasteiger partial charge in [-0.25, -0.2) is 9.59 Å². The van der Waals surface area contributed by atoms with Crippen molar-refractivity contribution in [1.82, 2.24) is 4.90 Å². The number of amides is 1. The second kappa shape index (κ2) is 2.20. The number of rotatable bonds is 2. The minimum absolute atomic E-state index is 0.464. The van der Waals surface area contributed by atoms with Crippen LogP contribution in [0.4, 0.5) is 0 Å². The molecule has 1 rings (SSSR count). The van der Waals surface area contributed by atoms with E-state index in [0.717, 1.165) is 11.9 Å². The zero-order valence-electron chi connectivity index (χ0n) is 6.27. The molecule has 0 spiro atoms. The molecule has 1 fully saturated rings. The first-order valence-corrected chi connectivity index (χ1v) is 3.16. The highest BCUT2D eigenvalue weighted by Crippen LogP contribution is 2.30. The van der Waals surface area contributed by atoms with Gasteiger partial charge in [0.05, 0.1) is 6.42 Å². The Morgan fingerprint density at radius 1 is 1.42 bits per heavy atom. The summed E-state index contributed by atoms with van der Waals surface area (Å²) >= 11 is 0. The van der Waals surface area contributed by atoms with Crippen LogP contribution in [0, 0.1) is 0 Å². The minimum Gasteiger partial charge on any atom is -0.479 e. The third-order valence-electron chi connectivity index (χ3n) is 2.06. The van der Waals surface area contributed by atoms with Crippen LogP contribution in [0.15, 0.2) is 0 Å². The Morgan fingerprint density at radius 2 is 1.83 bits per heavy atom. The molecular weight excluding hydrogens is 166 g/mol. The average molecular weight is 173 g/mol. The monoisotopic (exact) mass is 173 g/mol. The third-order valence-corrected chi connectivity index (χ3v) is 2.06. The largest absolute Gasteiger partial charge is 0.479 e. The van der Waals surface area contributed by atoms with Gasteiger partial charge >= 0.3 is 11.9 Å². The number of carboxylic acid groups (broad SMARTS) is 2. The lowest BCUT2D eigenvalue weighted by Crippen LogP contribution is -2.70. The molecule has 1 saturated heterocycles. The van der Waals surface area contributed by atoms with Gasteiger partial charge in [0.1, 0.15) is 0 Å². The molecule has 0 aromatic heterocycles. The van der Waals surface area contributed by atoms with E-state index < -0.39 is 29.8 Å². The second-order valence-corrected chi connectivity index (χ2v) is 2.60. The predicted octanol–water partition coefficient (Wildman–Crippen LogP) is -1.24. The highest BCUT2D eigenvalue weighted by Gasteiger charge is 2.61. The van der Waals surface area contributed by atoms with Crippen LogP contribution in [0.5, 0.6) is 0 Å². The lowest BCUT2D eigenvalue weighted by Gasteiger charge is -2.42. The van der Waals surface area contributed by atoms with E-state index in [9.17, 15) is 14.4 Å². The van der Waals surface area contributed by atoms with Crippen LogP contribution in [0.2, 0.25) is 0 Å². The first-order valence-electron chi connectivity index (χ1n) is 3.16. The van der Waals surface area contributed by atoms with Crippen LogP contribution in [0.3, 0.4) is 0 Å². The Bertz CT molecular complexity index is 257. The fraction of sp³-hybridized carbons (Fsp3) is 0.500. The molecule has 0 atom stereocenters. The summed E-state index contributed by atoms with van der Waals surface area (Å²) in [5, 5.41) is 17.1. The fourth-order valence-corrected chi connectivity index (χ4v) is 1.11. The van der Waals surface area contributed by atoms with Gasteiger partial charge in [-0.15, -0.1) is 0 Å². The number of carboxylic acids is 2. The van der Waals surface area contributed by atoms with Crippen molar-refractivity contribution in [3.05, 3.63) is 0 Å². The highest BCUT2D eigenvalue weighted by molar-refractivity contribution is 6.14. The summed E-state index contributed by atoms with van der Waals surface area (Å²) in [6, 6.07) is 0. The van der Waals surface area contributed by atoms with E-state index in [0.29, 0.717) is 0 Å². The molecule has 0 unspecified atom stereocenters. The van der Waals surface area contributed by atoms with E-state index in [1.165, 1.54) is 0 Å². The van der Waals surface area contributed by atoms with Gasteiger partial charge in [-0.1, -0.05) is 0 Å². The number of likely N-dealkylation sites (N-methyl/N-ethyl adjacent to an activating group) is 1.